The Labute approximate surface area is 91.8 Å². The van der Waals surface area contributed by atoms with Gasteiger partial charge in [-0.05, 0) is 36.7 Å². The Morgan fingerprint density at radius 1 is 1.33 bits per heavy atom. The quantitative estimate of drug-likeness (QED) is 0.879. The van der Waals surface area contributed by atoms with Crippen molar-refractivity contribution in [3.05, 3.63) is 33.3 Å². The van der Waals surface area contributed by atoms with Crippen molar-refractivity contribution in [1.29, 1.82) is 0 Å². The topological polar surface area (TPSA) is 26.0 Å². The predicted octanol–water partition coefficient (Wildman–Crippen LogP) is 3.03. The van der Waals surface area contributed by atoms with Gasteiger partial charge < -0.3 is 5.73 Å². The van der Waals surface area contributed by atoms with Crippen LogP contribution in [-0.2, 0) is 6.42 Å². The zero-order valence-corrected chi connectivity index (χ0v) is 9.55. The van der Waals surface area contributed by atoms with Gasteiger partial charge in [0.2, 0.25) is 0 Å². The van der Waals surface area contributed by atoms with Crippen LogP contribution in [0.15, 0.2) is 22.7 Å². The van der Waals surface area contributed by atoms with E-state index in [-0.39, 0.29) is 12.4 Å². The highest BCUT2D eigenvalue weighted by Crippen LogP contribution is 2.19. The van der Waals surface area contributed by atoms with E-state index in [0.717, 1.165) is 15.9 Å². The monoisotopic (exact) mass is 269 g/mol. The lowest BCUT2D eigenvalue weighted by atomic mass is 10.2. The molecule has 0 heterocycles. The molecule has 0 saturated heterocycles. The maximum atomic E-state index is 5.82. The van der Waals surface area contributed by atoms with Gasteiger partial charge in [-0.15, -0.1) is 12.4 Å². The van der Waals surface area contributed by atoms with E-state index in [1.165, 1.54) is 5.56 Å². The van der Waals surface area contributed by atoms with Gasteiger partial charge in [-0.3, -0.25) is 0 Å². The molecule has 68 valence electrons. The fourth-order valence-corrected chi connectivity index (χ4v) is 1.85. The van der Waals surface area contributed by atoms with Crippen LogP contribution in [0.4, 0.5) is 0 Å². The van der Waals surface area contributed by atoms with Crippen LogP contribution in [0.2, 0.25) is 5.02 Å². The third kappa shape index (κ3) is 3.76. The first-order valence-corrected chi connectivity index (χ1v) is 4.54. The molecule has 0 fully saturated rings. The van der Waals surface area contributed by atoms with E-state index in [1.54, 1.807) is 0 Å². The first-order valence-electron chi connectivity index (χ1n) is 3.37. The van der Waals surface area contributed by atoms with Gasteiger partial charge in [0, 0.05) is 9.50 Å². The largest absolute Gasteiger partial charge is 0.330 e. The zero-order valence-electron chi connectivity index (χ0n) is 6.39. The Kier molecular flexibility index (Phi) is 5.93. The molecule has 1 rings (SSSR count). The minimum absolute atomic E-state index is 0. The van der Waals surface area contributed by atoms with Crippen LogP contribution in [-0.4, -0.2) is 6.54 Å². The van der Waals surface area contributed by atoms with Crippen LogP contribution in [0, 0.1) is 0 Å². The van der Waals surface area contributed by atoms with E-state index in [0.29, 0.717) is 6.54 Å². The van der Waals surface area contributed by atoms with Gasteiger partial charge >= 0.3 is 0 Å². The summed E-state index contributed by atoms with van der Waals surface area (Å²) in [6.45, 7) is 0.660. The summed E-state index contributed by atoms with van der Waals surface area (Å²) in [7, 11) is 0. The molecule has 1 nitrogen and oxygen atoms in total. The van der Waals surface area contributed by atoms with E-state index in [1.807, 2.05) is 18.2 Å². The summed E-state index contributed by atoms with van der Waals surface area (Å²) in [6, 6.07) is 5.82. The van der Waals surface area contributed by atoms with Crippen molar-refractivity contribution in [2.24, 2.45) is 5.73 Å². The average Bonchev–Trinajstić information content (AvgIpc) is 1.85. The number of rotatable bonds is 2. The highest BCUT2D eigenvalue weighted by molar-refractivity contribution is 9.10. The lowest BCUT2D eigenvalue weighted by Crippen LogP contribution is -2.02. The average molecular weight is 271 g/mol. The molecule has 0 aliphatic rings. The predicted molar refractivity (Wildman–Crippen MR) is 59.2 cm³/mol. The summed E-state index contributed by atoms with van der Waals surface area (Å²) in [5, 5.41) is 0.753. The molecule has 1 aromatic rings. The molecule has 0 aliphatic carbocycles. The maximum Gasteiger partial charge on any atom is 0.0419 e. The Balaban J connectivity index is 0.00000121. The SMILES string of the molecule is Cl.NCCc1cc(Cl)cc(Br)c1. The smallest absolute Gasteiger partial charge is 0.0419 e. The highest BCUT2D eigenvalue weighted by atomic mass is 79.9. The third-order valence-corrected chi connectivity index (χ3v) is 2.03. The summed E-state index contributed by atoms with van der Waals surface area (Å²) in [5.41, 5.74) is 6.58. The number of benzene rings is 1. The number of halogens is 3. The lowest BCUT2D eigenvalue weighted by molar-refractivity contribution is 0.968. The molecular weight excluding hydrogens is 261 g/mol. The summed E-state index contributed by atoms with van der Waals surface area (Å²) in [4.78, 5) is 0. The lowest BCUT2D eigenvalue weighted by Gasteiger charge is -1.99. The molecule has 1 aromatic carbocycles. The van der Waals surface area contributed by atoms with Gasteiger partial charge in [0.15, 0.2) is 0 Å². The number of hydrogen-bond acceptors (Lipinski definition) is 1. The van der Waals surface area contributed by atoms with Gasteiger partial charge in [-0.1, -0.05) is 27.5 Å². The molecule has 0 aliphatic heterocycles. The Morgan fingerprint density at radius 2 is 2.00 bits per heavy atom. The molecular formula is C8H10BrCl2N. The van der Waals surface area contributed by atoms with Crippen LogP contribution in [0.3, 0.4) is 0 Å². The van der Waals surface area contributed by atoms with Crippen LogP contribution in [0.5, 0.6) is 0 Å². The second kappa shape index (κ2) is 5.81. The van der Waals surface area contributed by atoms with Crippen molar-refractivity contribution in [1.82, 2.24) is 0 Å². The maximum absolute atomic E-state index is 5.82. The van der Waals surface area contributed by atoms with Crippen LogP contribution < -0.4 is 5.73 Å². The molecule has 0 amide bonds. The van der Waals surface area contributed by atoms with E-state index in [2.05, 4.69) is 15.9 Å². The van der Waals surface area contributed by atoms with E-state index >= 15 is 0 Å². The van der Waals surface area contributed by atoms with Crippen molar-refractivity contribution in [2.45, 2.75) is 6.42 Å². The van der Waals surface area contributed by atoms with Gasteiger partial charge in [0.25, 0.3) is 0 Å². The van der Waals surface area contributed by atoms with Crippen molar-refractivity contribution in [3.8, 4) is 0 Å². The molecule has 0 atom stereocenters. The van der Waals surface area contributed by atoms with Gasteiger partial charge in [0.1, 0.15) is 0 Å². The highest BCUT2D eigenvalue weighted by Gasteiger charge is 1.95. The Morgan fingerprint density at radius 3 is 2.50 bits per heavy atom. The fourth-order valence-electron chi connectivity index (χ4n) is 0.922. The van der Waals surface area contributed by atoms with Crippen molar-refractivity contribution in [2.75, 3.05) is 6.54 Å². The Hall–Kier alpha value is 0.240. The summed E-state index contributed by atoms with van der Waals surface area (Å²) >= 11 is 9.17. The molecule has 0 saturated carbocycles. The first kappa shape index (κ1) is 12.2. The molecule has 0 spiro atoms. The van der Waals surface area contributed by atoms with Crippen LogP contribution in [0.1, 0.15) is 5.56 Å². The van der Waals surface area contributed by atoms with E-state index in [9.17, 15) is 0 Å². The summed E-state index contributed by atoms with van der Waals surface area (Å²) in [5.74, 6) is 0. The van der Waals surface area contributed by atoms with Gasteiger partial charge in [-0.25, -0.2) is 0 Å². The molecule has 0 bridgehead atoms. The second-order valence-electron chi connectivity index (χ2n) is 2.32. The van der Waals surface area contributed by atoms with Crippen molar-refractivity contribution >= 4 is 39.9 Å². The summed E-state index contributed by atoms with van der Waals surface area (Å²) in [6.07, 6.45) is 0.874. The molecule has 4 heteroatoms. The van der Waals surface area contributed by atoms with E-state index in [4.69, 9.17) is 17.3 Å². The first-order chi connectivity index (χ1) is 5.22. The Bertz CT molecular complexity index is 233. The third-order valence-electron chi connectivity index (χ3n) is 1.36. The number of nitrogens with two attached hydrogens (primary N) is 1. The van der Waals surface area contributed by atoms with Gasteiger partial charge in [0.05, 0.1) is 0 Å². The van der Waals surface area contributed by atoms with E-state index < -0.39 is 0 Å². The number of hydrogen-bond donors (Lipinski definition) is 1. The van der Waals surface area contributed by atoms with Crippen molar-refractivity contribution in [3.63, 3.8) is 0 Å². The normalized spacial score (nSPS) is 9.25. The molecule has 0 radical (unpaired) electrons. The fraction of sp³-hybridized carbons (Fsp3) is 0.250. The molecule has 12 heavy (non-hydrogen) atoms. The second-order valence-corrected chi connectivity index (χ2v) is 3.67. The standard InChI is InChI=1S/C8H9BrClN.ClH/c9-7-3-6(1-2-11)4-8(10)5-7;/h3-5H,1-2,11H2;1H. The summed E-state index contributed by atoms with van der Waals surface area (Å²) < 4.78 is 1.01. The molecule has 0 aromatic heterocycles. The molecule has 2 N–H and O–H groups in total. The molecule has 0 unspecified atom stereocenters. The minimum atomic E-state index is 0. The minimum Gasteiger partial charge on any atom is -0.330 e. The van der Waals surface area contributed by atoms with Gasteiger partial charge in [-0.2, -0.15) is 0 Å². The van der Waals surface area contributed by atoms with Crippen LogP contribution >= 0.6 is 39.9 Å². The van der Waals surface area contributed by atoms with Crippen molar-refractivity contribution < 1.29 is 0 Å². The van der Waals surface area contributed by atoms with Crippen LogP contribution in [0.25, 0.3) is 0 Å². The zero-order chi connectivity index (χ0) is 8.27.